The van der Waals surface area contributed by atoms with Crippen molar-refractivity contribution >= 4 is 78.9 Å². The number of aromatic nitrogens is 2. The van der Waals surface area contributed by atoms with Crippen molar-refractivity contribution in [2.24, 2.45) is 0 Å². The van der Waals surface area contributed by atoms with Gasteiger partial charge < -0.3 is 13.7 Å². The molecule has 64 heavy (non-hydrogen) atoms. The van der Waals surface area contributed by atoms with Gasteiger partial charge in [-0.2, -0.15) is 0 Å². The molecular formula is C58H42BN3O2. The highest BCUT2D eigenvalue weighted by Gasteiger charge is 2.35. The van der Waals surface area contributed by atoms with Crippen molar-refractivity contribution in [1.29, 1.82) is 0 Å². The quantitative estimate of drug-likeness (QED) is 0.0913. The molecule has 0 spiro atoms. The van der Waals surface area contributed by atoms with Crippen LogP contribution in [0.15, 0.2) is 204 Å². The van der Waals surface area contributed by atoms with Gasteiger partial charge in [-0.05, 0) is 93.3 Å². The molecule has 0 radical (unpaired) electrons. The Labute approximate surface area is 386 Å². The second-order valence-corrected chi connectivity index (χ2v) is 16.9. The van der Waals surface area contributed by atoms with Gasteiger partial charge >= 0.3 is 0 Å². The van der Waals surface area contributed by atoms with Gasteiger partial charge in [0.25, 0.3) is 0 Å². The summed E-state index contributed by atoms with van der Waals surface area (Å²) in [4.78, 5) is 4.85. The summed E-state index contributed by atoms with van der Waals surface area (Å²) < 4.78 is 106. The Kier molecular flexibility index (Phi) is 6.64. The highest BCUT2D eigenvalue weighted by molar-refractivity contribution is 7.07. The Morgan fingerprint density at radius 3 is 2.08 bits per heavy atom. The van der Waals surface area contributed by atoms with E-state index in [9.17, 15) is 0 Å². The molecule has 0 N–H and O–H groups in total. The fourth-order valence-electron chi connectivity index (χ4n) is 9.08. The maximum Gasteiger partial charge on any atom is 0.243 e. The molecule has 0 amide bonds. The molecule has 0 saturated carbocycles. The summed E-state index contributed by atoms with van der Waals surface area (Å²) in [5.41, 5.74) is 6.38. The minimum atomic E-state index is -0.704. The molecular weight excluding hydrogens is 781 g/mol. The minimum Gasteiger partial charge on any atom is -0.457 e. The number of hydrogen-bond acceptors (Lipinski definition) is 3. The molecule has 0 unspecified atom stereocenters. The zero-order valence-corrected chi connectivity index (χ0v) is 35.0. The van der Waals surface area contributed by atoms with Crippen LogP contribution in [0.5, 0.6) is 11.5 Å². The SMILES string of the molecule is [2H]c1c([2H])c([2H])c(-c2cccc(-c3c([2H])c([2H])c([2H])c([2H])c3[2H])c2[N+]2=[C-]B(c3cccc(Oc4ccc5c6ccccc6n(-c6cc(C(C)(C)C)ccn6)c5c4)c3)c3c2ccc2c3oc3ccccc32)c([2H])c1[2H]. The van der Waals surface area contributed by atoms with Crippen molar-refractivity contribution < 1.29 is 22.9 Å². The molecule has 12 rings (SSSR count). The second kappa shape index (κ2) is 14.9. The van der Waals surface area contributed by atoms with E-state index in [1.54, 1.807) is 22.8 Å². The van der Waals surface area contributed by atoms with Crippen LogP contribution in [0, 0.1) is 0 Å². The summed E-state index contributed by atoms with van der Waals surface area (Å²) in [5, 5.41) is 3.83. The molecule has 1 aliphatic rings. The van der Waals surface area contributed by atoms with Gasteiger partial charge in [-0.25, -0.2) is 4.98 Å². The number of hydrogen-bond donors (Lipinski definition) is 0. The number of fused-ring (bicyclic) bond motifs is 8. The topological polar surface area (TPSA) is 43.2 Å². The lowest BCUT2D eigenvalue weighted by molar-refractivity contribution is 0.484. The lowest BCUT2D eigenvalue weighted by Gasteiger charge is -2.20. The molecule has 5 nitrogen and oxygen atoms in total. The van der Waals surface area contributed by atoms with Crippen LogP contribution >= 0.6 is 0 Å². The van der Waals surface area contributed by atoms with E-state index in [0.717, 1.165) is 49.4 Å². The van der Waals surface area contributed by atoms with Gasteiger partial charge in [0.2, 0.25) is 6.71 Å². The molecule has 4 heterocycles. The molecule has 8 aromatic carbocycles. The van der Waals surface area contributed by atoms with Gasteiger partial charge in [-0.1, -0.05) is 159 Å². The van der Waals surface area contributed by atoms with E-state index in [1.807, 2.05) is 97.2 Å². The molecule has 1 aliphatic heterocycles. The summed E-state index contributed by atoms with van der Waals surface area (Å²) in [5.74, 6) is 1.90. The molecule has 304 valence electrons. The summed E-state index contributed by atoms with van der Waals surface area (Å²) in [7, 11) is 0. The summed E-state index contributed by atoms with van der Waals surface area (Å²) in [6.45, 7) is 5.84. The predicted octanol–water partition coefficient (Wildman–Crippen LogP) is 13.4. The van der Waals surface area contributed by atoms with Crippen LogP contribution in [0.1, 0.15) is 40.0 Å². The van der Waals surface area contributed by atoms with Crippen LogP contribution < -0.4 is 20.2 Å². The third-order valence-electron chi connectivity index (χ3n) is 12.1. The second-order valence-electron chi connectivity index (χ2n) is 16.9. The first kappa shape index (κ1) is 28.6. The van der Waals surface area contributed by atoms with Gasteiger partial charge in [0.1, 0.15) is 39.9 Å². The maximum atomic E-state index is 9.16. The van der Waals surface area contributed by atoms with Gasteiger partial charge in [0, 0.05) is 33.8 Å². The van der Waals surface area contributed by atoms with Crippen LogP contribution in [0.2, 0.25) is 0 Å². The minimum absolute atomic E-state index is 0.0992. The monoisotopic (exact) mass is 833 g/mol. The van der Waals surface area contributed by atoms with Crippen molar-refractivity contribution in [3.8, 4) is 39.6 Å². The number of rotatable bonds is 7. The summed E-state index contributed by atoms with van der Waals surface area (Å²) in [6.07, 6.45) is 5.53. The Morgan fingerprint density at radius 1 is 0.641 bits per heavy atom. The van der Waals surface area contributed by atoms with Crippen LogP contribution in [-0.4, -0.2) is 22.4 Å². The van der Waals surface area contributed by atoms with Crippen molar-refractivity contribution in [2.75, 3.05) is 0 Å². The van der Waals surface area contributed by atoms with Crippen molar-refractivity contribution in [2.45, 2.75) is 26.2 Å². The molecule has 0 fully saturated rings. The Balaban J connectivity index is 1.07. The number of pyridine rings is 1. The maximum absolute atomic E-state index is 9.16. The van der Waals surface area contributed by atoms with E-state index in [0.29, 0.717) is 33.8 Å². The van der Waals surface area contributed by atoms with Gasteiger partial charge in [-0.3, -0.25) is 4.57 Å². The molecule has 11 aromatic rings. The average Bonchev–Trinajstić information content (AvgIpc) is 4.10. The van der Waals surface area contributed by atoms with Crippen LogP contribution in [0.3, 0.4) is 0 Å². The Hall–Kier alpha value is -7.96. The van der Waals surface area contributed by atoms with Crippen LogP contribution in [-0.2, 0) is 5.41 Å². The van der Waals surface area contributed by atoms with E-state index >= 15 is 0 Å². The first-order valence-corrected chi connectivity index (χ1v) is 21.1. The molecule has 0 bridgehead atoms. The number of furan rings is 1. The van der Waals surface area contributed by atoms with Crippen molar-refractivity contribution in [3.05, 3.63) is 206 Å². The van der Waals surface area contributed by atoms with Gasteiger partial charge in [0.15, 0.2) is 0 Å². The molecule has 3 aromatic heterocycles. The fourth-order valence-corrected chi connectivity index (χ4v) is 9.08. The number of nitrogens with zero attached hydrogens (tertiary/aromatic N) is 3. The highest BCUT2D eigenvalue weighted by atomic mass is 16.5. The fraction of sp³-hybridized carbons (Fsp3) is 0.0690. The van der Waals surface area contributed by atoms with E-state index < -0.39 is 67.1 Å². The number of para-hydroxylation sites is 3. The normalized spacial score (nSPS) is 14.9. The summed E-state index contributed by atoms with van der Waals surface area (Å²) >= 11 is 0. The zero-order valence-electron chi connectivity index (χ0n) is 45.0. The molecule has 0 atom stereocenters. The zero-order chi connectivity index (χ0) is 51.6. The predicted molar refractivity (Wildman–Crippen MR) is 266 cm³/mol. The van der Waals surface area contributed by atoms with E-state index in [2.05, 4.69) is 55.7 Å². The first-order chi connectivity index (χ1) is 35.5. The van der Waals surface area contributed by atoms with E-state index in [1.165, 1.54) is 0 Å². The standard InChI is InChI=1S/C58H42BN3O2/c1-58(2,3)40-32-33-60-54(34-40)62-50-26-12-10-22-46(50)47-29-28-43(36-52(47)62)63-42-21-14-20-41(35-42)59-37-61(51-31-30-49-48-23-11-13-27-53(48)64-57(49)55(51)59)56-44(38-16-6-4-7-17-38)24-15-25-45(56)39-18-8-5-9-19-39/h4-36H,1-3H3/i4D,5D,6D,7D,8D,9D,16D,17D,18D,19D. The van der Waals surface area contributed by atoms with Crippen LogP contribution in [0.25, 0.3) is 71.8 Å². The van der Waals surface area contributed by atoms with Gasteiger partial charge in [-0.15, -0.1) is 0 Å². The van der Waals surface area contributed by atoms with Crippen molar-refractivity contribution in [3.63, 3.8) is 0 Å². The molecule has 0 aliphatic carbocycles. The van der Waals surface area contributed by atoms with E-state index in [-0.39, 0.29) is 33.4 Å². The Bertz CT molecular complexity index is 4110. The van der Waals surface area contributed by atoms with Gasteiger partial charge in [0.05, 0.1) is 30.9 Å². The largest absolute Gasteiger partial charge is 0.457 e. The lowest BCUT2D eigenvalue weighted by atomic mass is 9.42. The molecule has 6 heteroatoms. The Morgan fingerprint density at radius 2 is 1.31 bits per heavy atom. The third-order valence-corrected chi connectivity index (χ3v) is 12.1. The smallest absolute Gasteiger partial charge is 0.243 e. The summed E-state index contributed by atoms with van der Waals surface area (Å²) in [6, 6.07) is 37.2. The van der Waals surface area contributed by atoms with E-state index in [4.69, 9.17) is 27.8 Å². The number of ether oxygens (including phenoxy) is 1. The molecule has 0 saturated heterocycles. The average molecular weight is 834 g/mol. The van der Waals surface area contributed by atoms with Crippen molar-refractivity contribution in [1.82, 2.24) is 14.1 Å². The first-order valence-electron chi connectivity index (χ1n) is 26.1. The van der Waals surface area contributed by atoms with Crippen LogP contribution in [0.4, 0.5) is 11.4 Å². The lowest BCUT2D eigenvalue weighted by Crippen LogP contribution is -2.41. The third kappa shape index (κ3) is 6.25. The number of benzene rings is 8. The highest BCUT2D eigenvalue weighted by Crippen LogP contribution is 2.43.